The Labute approximate surface area is 120 Å². The lowest BCUT2D eigenvalue weighted by Crippen LogP contribution is -2.19. The zero-order chi connectivity index (χ0) is 15.0. The summed E-state index contributed by atoms with van der Waals surface area (Å²) < 4.78 is 17.3. The van der Waals surface area contributed by atoms with Gasteiger partial charge >= 0.3 is 11.9 Å². The van der Waals surface area contributed by atoms with Crippen molar-refractivity contribution in [3.63, 3.8) is 0 Å². The van der Waals surface area contributed by atoms with Gasteiger partial charge in [0.2, 0.25) is 0 Å². The molecule has 21 heavy (non-hydrogen) atoms. The van der Waals surface area contributed by atoms with E-state index in [1.807, 2.05) is 4.57 Å². The second-order valence-electron chi connectivity index (χ2n) is 4.61. The Hall–Kier alpha value is -2.57. The molecule has 7 heteroatoms. The summed E-state index contributed by atoms with van der Waals surface area (Å²) in [6.07, 6.45) is 0. The normalized spacial score (nSPS) is 12.9. The third-order valence-electron chi connectivity index (χ3n) is 3.31. The summed E-state index contributed by atoms with van der Waals surface area (Å²) in [5.74, 6) is 0.277. The summed E-state index contributed by atoms with van der Waals surface area (Å²) >= 11 is 0. The van der Waals surface area contributed by atoms with Gasteiger partial charge in [0.05, 0.1) is 19.2 Å². The van der Waals surface area contributed by atoms with E-state index < -0.39 is 5.97 Å². The molecule has 0 saturated heterocycles. The van der Waals surface area contributed by atoms with E-state index in [9.17, 15) is 9.59 Å². The molecule has 0 aliphatic carbocycles. The van der Waals surface area contributed by atoms with E-state index in [1.54, 1.807) is 12.1 Å². The Balaban J connectivity index is 2.13. The van der Waals surface area contributed by atoms with Crippen molar-refractivity contribution in [1.29, 1.82) is 0 Å². The fourth-order valence-corrected chi connectivity index (χ4v) is 2.41. The first-order valence-corrected chi connectivity index (χ1v) is 6.48. The summed E-state index contributed by atoms with van der Waals surface area (Å²) in [5, 5.41) is 0. The summed E-state index contributed by atoms with van der Waals surface area (Å²) in [7, 11) is 1.32. The first-order valence-electron chi connectivity index (χ1n) is 6.48. The summed E-state index contributed by atoms with van der Waals surface area (Å²) in [5.41, 5.74) is 1.79. The third kappa shape index (κ3) is 2.20. The average molecular weight is 290 g/mol. The molecule has 1 aromatic carbocycles. The number of benzene rings is 1. The van der Waals surface area contributed by atoms with E-state index in [4.69, 9.17) is 14.2 Å². The Morgan fingerprint density at radius 2 is 2.24 bits per heavy atom. The molecule has 3 rings (SSSR count). The van der Waals surface area contributed by atoms with Gasteiger partial charge in [-0.05, 0) is 12.1 Å². The van der Waals surface area contributed by atoms with E-state index in [1.165, 1.54) is 14.0 Å². The van der Waals surface area contributed by atoms with E-state index in [0.29, 0.717) is 35.8 Å². The number of hydrogen-bond donors (Lipinski definition) is 0. The largest absolute Gasteiger partial charge is 0.489 e. The van der Waals surface area contributed by atoms with Crippen LogP contribution in [0.5, 0.6) is 5.75 Å². The van der Waals surface area contributed by atoms with Crippen molar-refractivity contribution < 1.29 is 23.8 Å². The average Bonchev–Trinajstić information content (AvgIpc) is 2.85. The van der Waals surface area contributed by atoms with Crippen LogP contribution >= 0.6 is 0 Å². The number of rotatable bonds is 3. The number of nitrogens with zero attached hydrogens (tertiary/aromatic N) is 2. The minimum Gasteiger partial charge on any atom is -0.489 e. The molecule has 1 aromatic heterocycles. The maximum Gasteiger partial charge on any atom is 0.341 e. The molecule has 0 saturated carbocycles. The molecular weight excluding hydrogens is 276 g/mol. The Morgan fingerprint density at radius 1 is 1.43 bits per heavy atom. The highest BCUT2D eigenvalue weighted by atomic mass is 16.5. The fraction of sp³-hybridized carbons (Fsp3) is 0.357. The predicted octanol–water partition coefficient (Wildman–Crippen LogP) is 1.28. The van der Waals surface area contributed by atoms with Gasteiger partial charge in [0.15, 0.2) is 5.75 Å². The lowest BCUT2D eigenvalue weighted by Gasteiger charge is -2.19. The van der Waals surface area contributed by atoms with Gasteiger partial charge < -0.3 is 18.8 Å². The van der Waals surface area contributed by atoms with Crippen LogP contribution in [0.4, 0.5) is 0 Å². The van der Waals surface area contributed by atoms with Crippen molar-refractivity contribution in [2.24, 2.45) is 0 Å². The molecule has 0 fully saturated rings. The van der Waals surface area contributed by atoms with Gasteiger partial charge in [0.25, 0.3) is 0 Å². The van der Waals surface area contributed by atoms with Gasteiger partial charge in [0.1, 0.15) is 30.1 Å². The number of carbonyl (C=O) groups is 2. The van der Waals surface area contributed by atoms with Crippen molar-refractivity contribution in [1.82, 2.24) is 9.55 Å². The molecule has 0 spiro atoms. The quantitative estimate of drug-likeness (QED) is 0.792. The molecule has 0 N–H and O–H groups in total. The number of aromatic nitrogens is 2. The van der Waals surface area contributed by atoms with Crippen LogP contribution in [0.2, 0.25) is 0 Å². The fourth-order valence-electron chi connectivity index (χ4n) is 2.41. The second kappa shape index (κ2) is 5.08. The molecule has 0 unspecified atom stereocenters. The number of imidazole rings is 1. The SMILES string of the molecule is COC(=O)c1ccc2nc(COC(C)=O)n3c2c1OCC3. The Kier molecular flexibility index (Phi) is 3.25. The highest BCUT2D eigenvalue weighted by Gasteiger charge is 2.25. The van der Waals surface area contributed by atoms with Crippen LogP contribution < -0.4 is 4.74 Å². The van der Waals surface area contributed by atoms with Crippen molar-refractivity contribution in [3.05, 3.63) is 23.5 Å². The summed E-state index contributed by atoms with van der Waals surface area (Å²) in [6, 6.07) is 3.36. The highest BCUT2D eigenvalue weighted by Crippen LogP contribution is 2.34. The van der Waals surface area contributed by atoms with E-state index >= 15 is 0 Å². The predicted molar refractivity (Wildman–Crippen MR) is 72.0 cm³/mol. The Bertz CT molecular complexity index is 735. The van der Waals surface area contributed by atoms with Crippen LogP contribution in [0.15, 0.2) is 12.1 Å². The van der Waals surface area contributed by atoms with Crippen LogP contribution in [-0.2, 0) is 27.4 Å². The number of carbonyl (C=O) groups excluding carboxylic acids is 2. The number of hydrogen-bond acceptors (Lipinski definition) is 6. The molecule has 0 atom stereocenters. The standard InChI is InChI=1S/C14H14N2O5/c1-8(17)21-7-11-15-10-4-3-9(14(18)19-2)13-12(10)16(11)5-6-20-13/h3-4H,5-7H2,1-2H3. The summed E-state index contributed by atoms with van der Waals surface area (Å²) in [4.78, 5) is 27.2. The van der Waals surface area contributed by atoms with Gasteiger partial charge in [-0.25, -0.2) is 9.78 Å². The van der Waals surface area contributed by atoms with Crippen molar-refractivity contribution >= 4 is 23.0 Å². The molecular formula is C14H14N2O5. The van der Waals surface area contributed by atoms with Gasteiger partial charge in [-0.3, -0.25) is 4.79 Å². The topological polar surface area (TPSA) is 79.7 Å². The van der Waals surface area contributed by atoms with E-state index in [-0.39, 0.29) is 12.6 Å². The van der Waals surface area contributed by atoms with E-state index in [2.05, 4.69) is 4.98 Å². The summed E-state index contributed by atoms with van der Waals surface area (Å²) in [6.45, 7) is 2.45. The zero-order valence-corrected chi connectivity index (χ0v) is 11.7. The molecule has 0 radical (unpaired) electrons. The lowest BCUT2D eigenvalue weighted by molar-refractivity contribution is -0.142. The molecule has 7 nitrogen and oxygen atoms in total. The van der Waals surface area contributed by atoms with Gasteiger partial charge in [-0.15, -0.1) is 0 Å². The van der Waals surface area contributed by atoms with Crippen molar-refractivity contribution in [3.8, 4) is 5.75 Å². The maximum absolute atomic E-state index is 11.8. The van der Waals surface area contributed by atoms with Crippen LogP contribution in [-0.4, -0.2) is 35.2 Å². The van der Waals surface area contributed by atoms with Crippen LogP contribution in [0.25, 0.3) is 11.0 Å². The number of methoxy groups -OCH3 is 1. The highest BCUT2D eigenvalue weighted by molar-refractivity contribution is 5.99. The first kappa shape index (κ1) is 13.4. The van der Waals surface area contributed by atoms with Gasteiger partial charge in [0, 0.05) is 6.92 Å². The van der Waals surface area contributed by atoms with Crippen LogP contribution in [0.1, 0.15) is 23.1 Å². The minimum atomic E-state index is -0.455. The smallest absolute Gasteiger partial charge is 0.341 e. The van der Waals surface area contributed by atoms with Crippen molar-refractivity contribution in [2.75, 3.05) is 13.7 Å². The van der Waals surface area contributed by atoms with Crippen LogP contribution in [0.3, 0.4) is 0 Å². The molecule has 2 heterocycles. The molecule has 110 valence electrons. The van der Waals surface area contributed by atoms with E-state index in [0.717, 1.165) is 5.52 Å². The van der Waals surface area contributed by atoms with Crippen molar-refractivity contribution in [2.45, 2.75) is 20.1 Å². The van der Waals surface area contributed by atoms with Crippen LogP contribution in [0, 0.1) is 0 Å². The number of esters is 2. The zero-order valence-electron chi connectivity index (χ0n) is 11.7. The van der Waals surface area contributed by atoms with Gasteiger partial charge in [-0.1, -0.05) is 0 Å². The second-order valence-corrected chi connectivity index (χ2v) is 4.61. The lowest BCUT2D eigenvalue weighted by atomic mass is 10.1. The maximum atomic E-state index is 11.8. The Morgan fingerprint density at radius 3 is 2.95 bits per heavy atom. The monoisotopic (exact) mass is 290 g/mol. The molecule has 0 bridgehead atoms. The minimum absolute atomic E-state index is 0.0943. The first-order chi connectivity index (χ1) is 10.1. The third-order valence-corrected chi connectivity index (χ3v) is 3.31. The molecule has 2 aromatic rings. The molecule has 0 amide bonds. The molecule has 1 aliphatic heterocycles. The number of ether oxygens (including phenoxy) is 3. The molecule has 1 aliphatic rings. The van der Waals surface area contributed by atoms with Gasteiger partial charge in [-0.2, -0.15) is 0 Å².